The number of hydrogen-bond donors (Lipinski definition) is 0. The van der Waals surface area contributed by atoms with Gasteiger partial charge in [0, 0.05) is 29.8 Å². The van der Waals surface area contributed by atoms with Gasteiger partial charge in [0.2, 0.25) is 5.91 Å². The summed E-state index contributed by atoms with van der Waals surface area (Å²) in [6.45, 7) is 11.8. The molecule has 6 heteroatoms. The van der Waals surface area contributed by atoms with Gasteiger partial charge in [0.25, 0.3) is 0 Å². The Morgan fingerprint density at radius 1 is 1.14 bits per heavy atom. The fraction of sp³-hybridized carbons (Fsp3) is 0.682. The van der Waals surface area contributed by atoms with E-state index in [1.54, 1.807) is 18.7 Å². The summed E-state index contributed by atoms with van der Waals surface area (Å²) >= 11 is 0. The third-order valence-electron chi connectivity index (χ3n) is 6.02. The summed E-state index contributed by atoms with van der Waals surface area (Å²) in [7, 11) is 1.34. The summed E-state index contributed by atoms with van der Waals surface area (Å²) in [5, 5.41) is 0. The van der Waals surface area contributed by atoms with Gasteiger partial charge in [0.15, 0.2) is 5.78 Å². The maximum atomic E-state index is 13.5. The van der Waals surface area contributed by atoms with Crippen LogP contribution in [0.4, 0.5) is 0 Å². The first-order valence-corrected chi connectivity index (χ1v) is 10.3. The number of ketones is 1. The number of aromatic nitrogens is 1. The molecule has 2 rings (SSSR count). The SMILES string of the molecule is CCn1c(C)c(C(=O)C(C)N(C(=O)C2CCCC2)C(C)C)c(C)c1C(=O)OC. The molecule has 1 unspecified atom stereocenters. The number of carbonyl (C=O) groups excluding carboxylic acids is 3. The maximum absolute atomic E-state index is 13.5. The molecular weight excluding hydrogens is 356 g/mol. The van der Waals surface area contributed by atoms with Crippen LogP contribution in [-0.4, -0.2) is 46.3 Å². The molecule has 1 aliphatic rings. The molecule has 1 aromatic heterocycles. The molecule has 1 fully saturated rings. The lowest BCUT2D eigenvalue weighted by atomic mass is 9.97. The monoisotopic (exact) mass is 390 g/mol. The third kappa shape index (κ3) is 3.87. The van der Waals surface area contributed by atoms with E-state index in [9.17, 15) is 14.4 Å². The van der Waals surface area contributed by atoms with Crippen LogP contribution in [0.3, 0.4) is 0 Å². The topological polar surface area (TPSA) is 68.6 Å². The summed E-state index contributed by atoms with van der Waals surface area (Å²) in [4.78, 5) is 40.6. The number of amides is 1. The number of hydrogen-bond acceptors (Lipinski definition) is 4. The number of nitrogens with zero attached hydrogens (tertiary/aromatic N) is 2. The van der Waals surface area contributed by atoms with E-state index in [0.29, 0.717) is 23.4 Å². The highest BCUT2D eigenvalue weighted by Gasteiger charge is 2.36. The molecule has 0 aromatic carbocycles. The Morgan fingerprint density at radius 3 is 2.18 bits per heavy atom. The highest BCUT2D eigenvalue weighted by Crippen LogP contribution is 2.30. The molecule has 1 aliphatic carbocycles. The van der Waals surface area contributed by atoms with Crippen LogP contribution in [0.25, 0.3) is 0 Å². The fourth-order valence-electron chi connectivity index (χ4n) is 4.62. The lowest BCUT2D eigenvalue weighted by Gasteiger charge is -2.34. The molecule has 0 bridgehead atoms. The minimum absolute atomic E-state index is 0.0192. The van der Waals surface area contributed by atoms with Crippen LogP contribution in [0.2, 0.25) is 0 Å². The third-order valence-corrected chi connectivity index (χ3v) is 6.02. The van der Waals surface area contributed by atoms with Crippen molar-refractivity contribution in [2.45, 2.75) is 85.9 Å². The zero-order valence-electron chi connectivity index (χ0n) is 18.3. The first-order valence-electron chi connectivity index (χ1n) is 10.3. The van der Waals surface area contributed by atoms with Crippen molar-refractivity contribution in [2.75, 3.05) is 7.11 Å². The molecule has 1 aromatic rings. The van der Waals surface area contributed by atoms with Gasteiger partial charge in [-0.1, -0.05) is 12.8 Å². The van der Waals surface area contributed by atoms with Crippen LogP contribution in [0, 0.1) is 19.8 Å². The minimum atomic E-state index is -0.580. The number of Topliss-reactive ketones (excluding diaryl/α,β-unsaturated/α-hetero) is 1. The van der Waals surface area contributed by atoms with Crippen LogP contribution < -0.4 is 0 Å². The number of carbonyl (C=O) groups is 3. The van der Waals surface area contributed by atoms with Crippen molar-refractivity contribution in [1.29, 1.82) is 0 Å². The van der Waals surface area contributed by atoms with Gasteiger partial charge in [0.05, 0.1) is 13.2 Å². The van der Waals surface area contributed by atoms with E-state index in [0.717, 1.165) is 31.4 Å². The lowest BCUT2D eigenvalue weighted by Crippen LogP contribution is -2.49. The number of methoxy groups -OCH3 is 1. The van der Waals surface area contributed by atoms with Gasteiger partial charge in [-0.15, -0.1) is 0 Å². The Morgan fingerprint density at radius 2 is 1.71 bits per heavy atom. The largest absolute Gasteiger partial charge is 0.464 e. The van der Waals surface area contributed by atoms with Crippen molar-refractivity contribution in [3.05, 3.63) is 22.5 Å². The van der Waals surface area contributed by atoms with Crippen LogP contribution in [-0.2, 0) is 16.1 Å². The molecule has 6 nitrogen and oxygen atoms in total. The number of rotatable bonds is 7. The van der Waals surface area contributed by atoms with E-state index in [-0.39, 0.29) is 23.7 Å². The lowest BCUT2D eigenvalue weighted by molar-refractivity contribution is -0.138. The van der Waals surface area contributed by atoms with E-state index >= 15 is 0 Å². The Balaban J connectivity index is 2.44. The predicted octanol–water partition coefficient (Wildman–Crippen LogP) is 3.91. The zero-order chi connectivity index (χ0) is 21.2. The zero-order valence-corrected chi connectivity index (χ0v) is 18.3. The quantitative estimate of drug-likeness (QED) is 0.523. The van der Waals surface area contributed by atoms with E-state index in [2.05, 4.69) is 0 Å². The first kappa shape index (κ1) is 22.2. The van der Waals surface area contributed by atoms with E-state index in [4.69, 9.17) is 4.74 Å². The molecular formula is C22H34N2O4. The standard InChI is InChI=1S/C22H34N2O4/c1-8-23-15(5)18(14(4)19(23)22(27)28-7)20(25)16(6)24(13(2)3)21(26)17-11-9-10-12-17/h13,16-17H,8-12H2,1-7H3. The smallest absolute Gasteiger partial charge is 0.354 e. The van der Waals surface area contributed by atoms with Crippen molar-refractivity contribution in [3.8, 4) is 0 Å². The van der Waals surface area contributed by atoms with Crippen LogP contribution in [0.15, 0.2) is 0 Å². The van der Waals surface area contributed by atoms with Crippen molar-refractivity contribution in [1.82, 2.24) is 9.47 Å². The molecule has 0 saturated heterocycles. The van der Waals surface area contributed by atoms with Gasteiger partial charge >= 0.3 is 5.97 Å². The second-order valence-electron chi connectivity index (χ2n) is 8.03. The predicted molar refractivity (Wildman–Crippen MR) is 109 cm³/mol. The maximum Gasteiger partial charge on any atom is 0.354 e. The van der Waals surface area contributed by atoms with Crippen molar-refractivity contribution in [3.63, 3.8) is 0 Å². The molecule has 28 heavy (non-hydrogen) atoms. The van der Waals surface area contributed by atoms with Crippen LogP contribution in [0.1, 0.15) is 85.5 Å². The van der Waals surface area contributed by atoms with Gasteiger partial charge in [-0.25, -0.2) is 4.79 Å². The van der Waals surface area contributed by atoms with Crippen molar-refractivity contribution < 1.29 is 19.1 Å². The van der Waals surface area contributed by atoms with Gasteiger partial charge in [-0.05, 0) is 59.9 Å². The molecule has 0 radical (unpaired) electrons. The molecule has 1 saturated carbocycles. The first-order chi connectivity index (χ1) is 13.2. The highest BCUT2D eigenvalue weighted by atomic mass is 16.5. The molecule has 0 aliphatic heterocycles. The Hall–Kier alpha value is -2.11. The number of esters is 1. The Bertz CT molecular complexity index is 757. The second-order valence-corrected chi connectivity index (χ2v) is 8.03. The summed E-state index contributed by atoms with van der Waals surface area (Å²) in [6, 6.07) is -0.648. The molecule has 1 heterocycles. The summed E-state index contributed by atoms with van der Waals surface area (Å²) in [6.07, 6.45) is 3.95. The summed E-state index contributed by atoms with van der Waals surface area (Å²) in [5.74, 6) is -0.471. The molecule has 0 N–H and O–H groups in total. The van der Waals surface area contributed by atoms with Crippen LogP contribution in [0.5, 0.6) is 0 Å². The van der Waals surface area contributed by atoms with Gasteiger partial charge in [-0.3, -0.25) is 9.59 Å². The summed E-state index contributed by atoms with van der Waals surface area (Å²) in [5.41, 5.74) is 2.31. The van der Waals surface area contributed by atoms with E-state index in [1.165, 1.54) is 7.11 Å². The van der Waals surface area contributed by atoms with Gasteiger partial charge < -0.3 is 14.2 Å². The Labute approximate surface area is 168 Å². The van der Waals surface area contributed by atoms with E-state index in [1.807, 2.05) is 32.3 Å². The Kier molecular flexibility index (Phi) is 7.07. The molecule has 156 valence electrons. The molecule has 0 spiro atoms. The fourth-order valence-corrected chi connectivity index (χ4v) is 4.62. The second kappa shape index (κ2) is 8.93. The van der Waals surface area contributed by atoms with Gasteiger partial charge in [0.1, 0.15) is 5.69 Å². The molecule has 1 atom stereocenters. The summed E-state index contributed by atoms with van der Waals surface area (Å²) < 4.78 is 6.74. The average molecular weight is 391 g/mol. The van der Waals surface area contributed by atoms with Crippen molar-refractivity contribution in [2.24, 2.45) is 5.92 Å². The average Bonchev–Trinajstić information content (AvgIpc) is 3.26. The van der Waals surface area contributed by atoms with Crippen LogP contribution >= 0.6 is 0 Å². The molecule has 1 amide bonds. The normalized spacial score (nSPS) is 15.7. The number of ether oxygens (including phenoxy) is 1. The van der Waals surface area contributed by atoms with Gasteiger partial charge in [-0.2, -0.15) is 0 Å². The highest BCUT2D eigenvalue weighted by molar-refractivity contribution is 6.06. The van der Waals surface area contributed by atoms with E-state index < -0.39 is 12.0 Å². The van der Waals surface area contributed by atoms with Crippen molar-refractivity contribution >= 4 is 17.7 Å². The minimum Gasteiger partial charge on any atom is -0.464 e.